The van der Waals surface area contributed by atoms with Gasteiger partial charge in [0.1, 0.15) is 19.2 Å². The third kappa shape index (κ3) is 2.58. The molecule has 0 radical (unpaired) electrons. The Morgan fingerprint density at radius 3 is 1.44 bits per heavy atom. The second-order valence-electron chi connectivity index (χ2n) is 6.38. The van der Waals surface area contributed by atoms with Crippen molar-refractivity contribution in [3.8, 4) is 0 Å². The molecule has 8 heteroatoms. The number of rotatable bonds is 5. The first-order chi connectivity index (χ1) is 11.0. The van der Waals surface area contributed by atoms with E-state index in [0.717, 1.165) is 11.1 Å². The number of aliphatic hydroxyl groups is 2. The van der Waals surface area contributed by atoms with Crippen LogP contribution in [-0.2, 0) is 21.5 Å². The van der Waals surface area contributed by atoms with Crippen molar-refractivity contribution in [2.75, 3.05) is 6.61 Å². The van der Waals surface area contributed by atoms with Gasteiger partial charge in [0.15, 0.2) is 5.08 Å². The number of hydrogen-bond donors (Lipinski definition) is 2. The normalized spacial score (nSPS) is 37.2. The fraction of sp³-hybridized carbons (Fsp3) is 0.294. The van der Waals surface area contributed by atoms with E-state index in [1.165, 1.54) is 0 Å². The summed E-state index contributed by atoms with van der Waals surface area (Å²) < 4.78 is 26.3. The Morgan fingerprint density at radius 1 is 0.800 bits per heavy atom. The quantitative estimate of drug-likeness (QED) is 0.441. The van der Waals surface area contributed by atoms with Gasteiger partial charge in [0.05, 0.1) is 6.61 Å². The molecule has 0 aliphatic carbocycles. The SMILES string of the molecule is O=P1(Cc2ccccc2)C2(O)C1(CO)P2(=O)Cc1ccccc1.[H-].[H-].[Na+].[Na+]. The molecule has 4 rings (SSSR count). The Balaban J connectivity index is 0.00000169. The standard InChI is InChI=1S/C17H18O4P2.2Na.2H/c18-13-16-17(19,22(16,20)11-14-7-3-1-4-8-14)23(16,21)12-15-9-5-2-6-10-15;;;;/h1-10,18-19H,11-13H2;;;;/q;2*+1;2*-1. The summed E-state index contributed by atoms with van der Waals surface area (Å²) in [6, 6.07) is 18.5. The van der Waals surface area contributed by atoms with Crippen LogP contribution in [-0.4, -0.2) is 26.8 Å². The van der Waals surface area contributed by atoms with Crippen LogP contribution in [0.5, 0.6) is 0 Å². The monoisotopic (exact) mass is 396 g/mol. The summed E-state index contributed by atoms with van der Waals surface area (Å²) in [7, 11) is -6.18. The van der Waals surface area contributed by atoms with Crippen molar-refractivity contribution in [2.45, 2.75) is 22.3 Å². The van der Waals surface area contributed by atoms with Crippen LogP contribution in [0.3, 0.4) is 0 Å². The number of aliphatic hydroxyl groups excluding tert-OH is 1. The topological polar surface area (TPSA) is 74.6 Å². The Hall–Kier alpha value is 0.820. The van der Waals surface area contributed by atoms with Gasteiger partial charge in [-0.2, -0.15) is 0 Å². The first-order valence-electron chi connectivity index (χ1n) is 7.56. The predicted molar refractivity (Wildman–Crippen MR) is 92.5 cm³/mol. The Labute approximate surface area is 194 Å². The molecule has 124 valence electrons. The van der Waals surface area contributed by atoms with E-state index in [9.17, 15) is 19.3 Å². The van der Waals surface area contributed by atoms with E-state index in [-0.39, 0.29) is 74.3 Å². The van der Waals surface area contributed by atoms with Crippen molar-refractivity contribution in [3.63, 3.8) is 0 Å². The van der Waals surface area contributed by atoms with Crippen molar-refractivity contribution < 1.29 is 81.3 Å². The van der Waals surface area contributed by atoms with Crippen LogP contribution in [0.2, 0.25) is 0 Å². The summed E-state index contributed by atoms with van der Waals surface area (Å²) in [4.78, 5) is -1.27. The summed E-state index contributed by atoms with van der Waals surface area (Å²) >= 11 is 0. The van der Waals surface area contributed by atoms with Crippen molar-refractivity contribution in [1.29, 1.82) is 0 Å². The van der Waals surface area contributed by atoms with Crippen LogP contribution in [0.1, 0.15) is 14.0 Å². The van der Waals surface area contributed by atoms with E-state index in [4.69, 9.17) is 0 Å². The molecule has 2 aliphatic heterocycles. The first kappa shape index (κ1) is 22.1. The van der Waals surface area contributed by atoms with Gasteiger partial charge in [0.2, 0.25) is 0 Å². The van der Waals surface area contributed by atoms with Crippen molar-refractivity contribution in [2.24, 2.45) is 0 Å². The molecule has 2 aromatic carbocycles. The molecule has 0 bridgehead atoms. The summed E-state index contributed by atoms with van der Waals surface area (Å²) in [6.07, 6.45) is 0.396. The molecule has 2 N–H and O–H groups in total. The zero-order valence-electron chi connectivity index (χ0n) is 16.5. The van der Waals surface area contributed by atoms with Gasteiger partial charge in [-0.3, -0.25) is 0 Å². The second-order valence-corrected chi connectivity index (χ2v) is 13.5. The minimum Gasteiger partial charge on any atom is -1.00 e. The molecule has 2 heterocycles. The fourth-order valence-corrected chi connectivity index (χ4v) is 17.5. The fourth-order valence-electron chi connectivity index (χ4n) is 4.06. The third-order valence-corrected chi connectivity index (χ3v) is 16.9. The average Bonchev–Trinajstić information content (AvgIpc) is 3.23. The molecular weight excluding hydrogens is 376 g/mol. The largest absolute Gasteiger partial charge is 1.00 e. The zero-order chi connectivity index (χ0) is 16.3. The molecule has 2 aliphatic rings. The molecule has 2 fully saturated rings. The van der Waals surface area contributed by atoms with E-state index in [1.807, 2.05) is 60.7 Å². The molecule has 0 saturated carbocycles. The summed E-state index contributed by atoms with van der Waals surface area (Å²) in [5, 5.41) is 19.0. The number of hydrogen-bond acceptors (Lipinski definition) is 4. The Kier molecular flexibility index (Phi) is 6.49. The van der Waals surface area contributed by atoms with Crippen LogP contribution in [0.4, 0.5) is 0 Å². The summed E-state index contributed by atoms with van der Waals surface area (Å²) in [6.45, 7) is -0.474. The van der Waals surface area contributed by atoms with Gasteiger partial charge in [0, 0.05) is 12.3 Å². The smallest absolute Gasteiger partial charge is 1.00 e. The van der Waals surface area contributed by atoms with Crippen LogP contribution in [0.25, 0.3) is 0 Å². The van der Waals surface area contributed by atoms with E-state index >= 15 is 0 Å². The molecular formula is C17H20Na2O4P2. The first-order valence-corrected chi connectivity index (χ1v) is 11.3. The van der Waals surface area contributed by atoms with Gasteiger partial charge < -0.3 is 22.2 Å². The second kappa shape index (κ2) is 7.33. The van der Waals surface area contributed by atoms with Crippen LogP contribution in [0.15, 0.2) is 60.7 Å². The van der Waals surface area contributed by atoms with E-state index < -0.39 is 30.9 Å². The van der Waals surface area contributed by atoms with Gasteiger partial charge in [0.25, 0.3) is 0 Å². The maximum absolute atomic E-state index is 13.2. The summed E-state index contributed by atoms with van der Waals surface area (Å²) in [5.41, 5.74) is 1.69. The predicted octanol–water partition coefficient (Wildman–Crippen LogP) is -2.29. The molecule has 2 saturated heterocycles. The zero-order valence-corrected chi connectivity index (χ0v) is 20.3. The molecule has 25 heavy (non-hydrogen) atoms. The van der Waals surface area contributed by atoms with Crippen molar-refractivity contribution >= 4 is 14.3 Å². The maximum atomic E-state index is 13.2. The molecule has 2 aromatic rings. The summed E-state index contributed by atoms with van der Waals surface area (Å²) in [5.74, 6) is 0. The van der Waals surface area contributed by atoms with Gasteiger partial charge in [-0.25, -0.2) is 0 Å². The Bertz CT molecular complexity index is 804. The van der Waals surface area contributed by atoms with E-state index in [2.05, 4.69) is 0 Å². The van der Waals surface area contributed by atoms with Gasteiger partial charge in [-0.1, -0.05) is 60.7 Å². The molecule has 0 aromatic heterocycles. The minimum atomic E-state index is -3.09. The minimum absolute atomic E-state index is 0. The van der Waals surface area contributed by atoms with Crippen LogP contribution >= 0.6 is 14.3 Å². The van der Waals surface area contributed by atoms with Gasteiger partial charge >= 0.3 is 59.1 Å². The van der Waals surface area contributed by atoms with Crippen LogP contribution in [0, 0.1) is 0 Å². The number of fused-ring (bicyclic) bond motifs is 1. The maximum Gasteiger partial charge on any atom is 1.00 e. The van der Waals surface area contributed by atoms with E-state index in [0.29, 0.717) is 0 Å². The van der Waals surface area contributed by atoms with Gasteiger partial charge in [-0.05, 0) is 11.1 Å². The Morgan fingerprint density at radius 2 is 1.16 bits per heavy atom. The van der Waals surface area contributed by atoms with Crippen LogP contribution < -0.4 is 59.1 Å². The molecule has 4 nitrogen and oxygen atoms in total. The molecule has 2 atom stereocenters. The molecule has 0 spiro atoms. The third-order valence-electron chi connectivity index (χ3n) is 5.36. The van der Waals surface area contributed by atoms with E-state index in [1.54, 1.807) is 0 Å². The average molecular weight is 396 g/mol. The molecule has 2 unspecified atom stereocenters. The molecule has 0 amide bonds. The van der Waals surface area contributed by atoms with Crippen molar-refractivity contribution in [3.05, 3.63) is 71.8 Å². The number of benzene rings is 2. The van der Waals surface area contributed by atoms with Gasteiger partial charge in [-0.15, -0.1) is 0 Å². The van der Waals surface area contributed by atoms with Crippen molar-refractivity contribution in [1.82, 2.24) is 0 Å².